The van der Waals surface area contributed by atoms with Crippen molar-refractivity contribution in [3.63, 3.8) is 0 Å². The Balaban J connectivity index is 1.22. The fourth-order valence-corrected chi connectivity index (χ4v) is 5.03. The number of nitrogens with zero attached hydrogens (tertiary/aromatic N) is 3. The average Bonchev–Trinajstić information content (AvgIpc) is 3.51. The van der Waals surface area contributed by atoms with Crippen LogP contribution in [0.2, 0.25) is 0 Å². The maximum absolute atomic E-state index is 3.93. The van der Waals surface area contributed by atoms with Crippen molar-refractivity contribution in [2.24, 2.45) is 5.92 Å². The van der Waals surface area contributed by atoms with Crippen LogP contribution in [0.25, 0.3) is 16.6 Å². The molecular weight excluding hydrogens is 396 g/mol. The largest absolute Gasteiger partial charge is 0.361 e. The summed E-state index contributed by atoms with van der Waals surface area (Å²) in [4.78, 5) is 3.44. The Morgan fingerprint density at radius 1 is 1.12 bits per heavy atom. The van der Waals surface area contributed by atoms with Gasteiger partial charge in [-0.05, 0) is 80.9 Å². The molecule has 2 aromatic heterocycles. The molecule has 0 amide bonds. The molecule has 5 rings (SSSR count). The predicted octanol–water partition coefficient (Wildman–Crippen LogP) is 4.40. The van der Waals surface area contributed by atoms with Crippen molar-refractivity contribution in [2.75, 3.05) is 13.1 Å². The van der Waals surface area contributed by atoms with E-state index in [2.05, 4.69) is 87.5 Å². The Morgan fingerprint density at radius 3 is 2.81 bits per heavy atom. The number of benzene rings is 2. The minimum atomic E-state index is 0.381. The number of aromatic nitrogens is 4. The van der Waals surface area contributed by atoms with E-state index in [0.717, 1.165) is 25.2 Å². The van der Waals surface area contributed by atoms with Crippen LogP contribution in [0.5, 0.6) is 0 Å². The molecule has 1 fully saturated rings. The summed E-state index contributed by atoms with van der Waals surface area (Å²) in [6, 6.07) is 18.2. The average molecular weight is 429 g/mol. The van der Waals surface area contributed by atoms with Gasteiger partial charge in [-0.3, -0.25) is 4.57 Å². The summed E-state index contributed by atoms with van der Waals surface area (Å²) in [6.07, 6.45) is 10.4. The second-order valence-corrected chi connectivity index (χ2v) is 8.96. The summed E-state index contributed by atoms with van der Waals surface area (Å²) >= 11 is 0. The molecule has 2 aromatic carbocycles. The van der Waals surface area contributed by atoms with E-state index in [0.29, 0.717) is 18.0 Å². The molecule has 6 heteroatoms. The minimum absolute atomic E-state index is 0.381. The van der Waals surface area contributed by atoms with E-state index in [1.54, 1.807) is 12.7 Å². The van der Waals surface area contributed by atoms with Crippen molar-refractivity contribution in [3.05, 3.63) is 78.5 Å². The molecule has 2 unspecified atom stereocenters. The summed E-state index contributed by atoms with van der Waals surface area (Å²) in [5.74, 6) is 0.660. The number of aryl methyl sites for hydroxylation is 1. The summed E-state index contributed by atoms with van der Waals surface area (Å²) in [5.41, 5.74) is 5.04. The molecule has 6 nitrogen and oxygen atoms in total. The highest BCUT2D eigenvalue weighted by molar-refractivity contribution is 5.85. The fraction of sp³-hybridized carbons (Fsp3) is 0.385. The van der Waals surface area contributed by atoms with Gasteiger partial charge in [-0.15, -0.1) is 10.2 Å². The number of piperidine rings is 1. The van der Waals surface area contributed by atoms with E-state index < -0.39 is 0 Å². The van der Waals surface area contributed by atoms with Crippen LogP contribution in [0.3, 0.4) is 0 Å². The topological polar surface area (TPSA) is 70.6 Å². The minimum Gasteiger partial charge on any atom is -0.361 e. The molecule has 0 spiro atoms. The first-order chi connectivity index (χ1) is 15.8. The molecule has 3 atom stereocenters. The van der Waals surface area contributed by atoms with Crippen molar-refractivity contribution in [1.82, 2.24) is 30.4 Å². The van der Waals surface area contributed by atoms with Crippen molar-refractivity contribution < 1.29 is 0 Å². The number of aromatic amines is 1. The van der Waals surface area contributed by atoms with E-state index in [9.17, 15) is 0 Å². The third-order valence-corrected chi connectivity index (χ3v) is 6.86. The smallest absolute Gasteiger partial charge is 0.123 e. The highest BCUT2D eigenvalue weighted by Gasteiger charge is 2.26. The predicted molar refractivity (Wildman–Crippen MR) is 129 cm³/mol. The van der Waals surface area contributed by atoms with E-state index in [-0.39, 0.29) is 0 Å². The van der Waals surface area contributed by atoms with Crippen LogP contribution in [0, 0.1) is 5.92 Å². The molecular formula is C26H32N6. The summed E-state index contributed by atoms with van der Waals surface area (Å²) in [5, 5.41) is 16.7. The Labute approximate surface area is 189 Å². The van der Waals surface area contributed by atoms with Gasteiger partial charge in [0.05, 0.1) is 0 Å². The van der Waals surface area contributed by atoms with Crippen molar-refractivity contribution in [3.8, 4) is 5.69 Å². The lowest BCUT2D eigenvalue weighted by Gasteiger charge is -2.35. The van der Waals surface area contributed by atoms with E-state index >= 15 is 0 Å². The second kappa shape index (κ2) is 9.67. The zero-order valence-corrected chi connectivity index (χ0v) is 18.7. The van der Waals surface area contributed by atoms with Crippen molar-refractivity contribution in [1.29, 1.82) is 0 Å². The number of fused-ring (bicyclic) bond motifs is 1. The Hall–Kier alpha value is -2.96. The lowest BCUT2D eigenvalue weighted by atomic mass is 9.87. The zero-order valence-electron chi connectivity index (χ0n) is 18.7. The van der Waals surface area contributed by atoms with Gasteiger partial charge in [0.25, 0.3) is 0 Å². The van der Waals surface area contributed by atoms with Gasteiger partial charge in [0.15, 0.2) is 0 Å². The van der Waals surface area contributed by atoms with Gasteiger partial charge in [0.1, 0.15) is 12.7 Å². The van der Waals surface area contributed by atoms with Crippen LogP contribution in [-0.2, 0) is 6.42 Å². The first-order valence-electron chi connectivity index (χ1n) is 11.7. The van der Waals surface area contributed by atoms with Crippen LogP contribution >= 0.6 is 0 Å². The molecule has 0 radical (unpaired) electrons. The Kier molecular flexibility index (Phi) is 6.32. The van der Waals surface area contributed by atoms with Crippen LogP contribution in [0.1, 0.15) is 43.4 Å². The molecule has 1 aliphatic rings. The van der Waals surface area contributed by atoms with Gasteiger partial charge in [0.2, 0.25) is 0 Å². The summed E-state index contributed by atoms with van der Waals surface area (Å²) in [6.45, 7) is 4.49. The third kappa shape index (κ3) is 4.61. The fourth-order valence-electron chi connectivity index (χ4n) is 5.03. The molecule has 166 valence electrons. The summed E-state index contributed by atoms with van der Waals surface area (Å²) in [7, 11) is 0. The maximum atomic E-state index is 3.93. The second-order valence-electron chi connectivity index (χ2n) is 8.96. The van der Waals surface area contributed by atoms with Crippen LogP contribution in [0.4, 0.5) is 0 Å². The van der Waals surface area contributed by atoms with Crippen LogP contribution in [0.15, 0.2) is 67.4 Å². The van der Waals surface area contributed by atoms with Crippen LogP contribution in [-0.4, -0.2) is 38.9 Å². The molecule has 4 aromatic rings. The molecule has 0 aliphatic carbocycles. The first kappa shape index (κ1) is 20.9. The van der Waals surface area contributed by atoms with Gasteiger partial charge in [0, 0.05) is 34.9 Å². The lowest BCUT2D eigenvalue weighted by molar-refractivity contribution is 0.246. The van der Waals surface area contributed by atoms with Crippen LogP contribution < -0.4 is 10.6 Å². The number of hydrogen-bond acceptors (Lipinski definition) is 4. The van der Waals surface area contributed by atoms with Gasteiger partial charge >= 0.3 is 0 Å². The zero-order chi connectivity index (χ0) is 21.8. The molecule has 1 aliphatic heterocycles. The molecule has 1 saturated heterocycles. The van der Waals surface area contributed by atoms with E-state index in [1.165, 1.54) is 41.3 Å². The Morgan fingerprint density at radius 2 is 1.97 bits per heavy atom. The molecule has 32 heavy (non-hydrogen) atoms. The molecule has 0 bridgehead atoms. The monoisotopic (exact) mass is 428 g/mol. The Bertz CT molecular complexity index is 1120. The maximum Gasteiger partial charge on any atom is 0.123 e. The number of nitrogens with one attached hydrogen (secondary N) is 3. The third-order valence-electron chi connectivity index (χ3n) is 6.86. The lowest BCUT2D eigenvalue weighted by Crippen LogP contribution is -2.48. The standard InChI is InChI=1S/C26H32N6/c1-19(20-6-3-2-4-7-20)31-25-12-13-27-15-22(25)9-5-8-21-16-28-26-11-10-23(14-24(21)26)32-17-29-30-18-32/h2-4,6-7,10-11,14,16-19,22,25,27-28,31H,5,8-9,12-13,15H2,1H3/t19?,22?,25-/m0/s1. The van der Waals surface area contributed by atoms with Gasteiger partial charge < -0.3 is 15.6 Å². The van der Waals surface area contributed by atoms with Gasteiger partial charge in [-0.25, -0.2) is 0 Å². The first-order valence-corrected chi connectivity index (χ1v) is 11.7. The highest BCUT2D eigenvalue weighted by atomic mass is 15.2. The highest BCUT2D eigenvalue weighted by Crippen LogP contribution is 2.26. The normalized spacial score (nSPS) is 19.9. The quantitative estimate of drug-likeness (QED) is 0.389. The van der Waals surface area contributed by atoms with E-state index in [1.807, 2.05) is 4.57 Å². The van der Waals surface area contributed by atoms with Gasteiger partial charge in [-0.2, -0.15) is 0 Å². The number of H-pyrrole nitrogens is 1. The SMILES string of the molecule is CC(N[C@H]1CCNCC1CCCc1c[nH]c2ccc(-n3cnnc3)cc12)c1ccccc1. The number of hydrogen-bond donors (Lipinski definition) is 3. The van der Waals surface area contributed by atoms with Crippen molar-refractivity contribution in [2.45, 2.75) is 44.7 Å². The molecule has 0 saturated carbocycles. The molecule has 3 N–H and O–H groups in total. The van der Waals surface area contributed by atoms with E-state index in [4.69, 9.17) is 0 Å². The van der Waals surface area contributed by atoms with Gasteiger partial charge in [-0.1, -0.05) is 30.3 Å². The molecule has 3 heterocycles. The number of rotatable bonds is 8. The van der Waals surface area contributed by atoms with Crippen molar-refractivity contribution >= 4 is 10.9 Å². The summed E-state index contributed by atoms with van der Waals surface area (Å²) < 4.78 is 1.95.